The van der Waals surface area contributed by atoms with Crippen molar-refractivity contribution in [3.05, 3.63) is 29.8 Å². The minimum absolute atomic E-state index is 0.229. The van der Waals surface area contributed by atoms with Crippen molar-refractivity contribution in [2.75, 3.05) is 6.54 Å². The average molecular weight is 284 g/mol. The highest BCUT2D eigenvalue weighted by molar-refractivity contribution is 5.53. The Morgan fingerprint density at radius 3 is 3.24 bits per heavy atom. The monoisotopic (exact) mass is 284 g/mol. The molecule has 2 aromatic rings. The molecule has 2 fully saturated rings. The molecule has 0 bridgehead atoms. The number of pyridine rings is 1. The minimum Gasteiger partial charge on any atom is -0.337 e. The molecule has 1 saturated heterocycles. The summed E-state index contributed by atoms with van der Waals surface area (Å²) in [6.07, 6.45) is 6.62. The first-order chi connectivity index (χ1) is 10.4. The fraction of sp³-hybridized carbons (Fsp3) is 0.562. The number of hydrogen-bond acceptors (Lipinski definition) is 5. The summed E-state index contributed by atoms with van der Waals surface area (Å²) in [5.74, 6) is 2.79. The Balaban J connectivity index is 1.64. The van der Waals surface area contributed by atoms with Crippen LogP contribution in [-0.4, -0.2) is 21.7 Å². The molecular weight excluding hydrogens is 264 g/mol. The van der Waals surface area contributed by atoms with Crippen LogP contribution in [-0.2, 0) is 6.42 Å². The Hall–Kier alpha value is -1.75. The van der Waals surface area contributed by atoms with Gasteiger partial charge in [-0.3, -0.25) is 4.98 Å². The average Bonchev–Trinajstić information content (AvgIpc) is 3.23. The lowest BCUT2D eigenvalue weighted by molar-refractivity contribution is 0.302. The molecule has 1 aliphatic carbocycles. The van der Waals surface area contributed by atoms with E-state index in [4.69, 9.17) is 4.52 Å². The number of nitrogens with zero attached hydrogens (tertiary/aromatic N) is 3. The molecule has 5 heteroatoms. The number of nitrogens with one attached hydrogen (secondary N) is 1. The van der Waals surface area contributed by atoms with Crippen LogP contribution in [0.2, 0.25) is 0 Å². The summed E-state index contributed by atoms with van der Waals surface area (Å²) in [6, 6.07) is 4.25. The molecule has 110 valence electrons. The van der Waals surface area contributed by atoms with Crippen LogP contribution >= 0.6 is 0 Å². The van der Waals surface area contributed by atoms with Crippen LogP contribution in [0.5, 0.6) is 0 Å². The molecule has 0 spiro atoms. The molecule has 1 aliphatic heterocycles. The van der Waals surface area contributed by atoms with E-state index >= 15 is 0 Å². The van der Waals surface area contributed by atoms with Gasteiger partial charge in [0.15, 0.2) is 0 Å². The van der Waals surface area contributed by atoms with Gasteiger partial charge in [-0.15, -0.1) is 0 Å². The van der Waals surface area contributed by atoms with Crippen LogP contribution in [0.3, 0.4) is 0 Å². The van der Waals surface area contributed by atoms with E-state index in [1.807, 2.05) is 6.07 Å². The Labute approximate surface area is 124 Å². The van der Waals surface area contributed by atoms with E-state index in [2.05, 4.69) is 33.4 Å². The molecule has 0 amide bonds. The summed E-state index contributed by atoms with van der Waals surface area (Å²) in [6.45, 7) is 3.19. The highest BCUT2D eigenvalue weighted by Gasteiger charge is 2.42. The van der Waals surface area contributed by atoms with Gasteiger partial charge in [0.25, 0.3) is 0 Å². The number of aromatic nitrogens is 3. The predicted molar refractivity (Wildman–Crippen MR) is 78.5 cm³/mol. The van der Waals surface area contributed by atoms with E-state index in [0.717, 1.165) is 36.0 Å². The molecule has 0 aromatic carbocycles. The van der Waals surface area contributed by atoms with Crippen molar-refractivity contribution in [1.29, 1.82) is 0 Å². The van der Waals surface area contributed by atoms with E-state index in [9.17, 15) is 0 Å². The third-order valence-electron chi connectivity index (χ3n) is 4.94. The van der Waals surface area contributed by atoms with Crippen molar-refractivity contribution < 1.29 is 4.52 Å². The Morgan fingerprint density at radius 2 is 2.33 bits per heavy atom. The van der Waals surface area contributed by atoms with E-state index < -0.39 is 0 Å². The van der Waals surface area contributed by atoms with Gasteiger partial charge in [0.1, 0.15) is 5.69 Å². The second-order valence-corrected chi connectivity index (χ2v) is 6.06. The summed E-state index contributed by atoms with van der Waals surface area (Å²) < 4.78 is 5.55. The van der Waals surface area contributed by atoms with Gasteiger partial charge in [-0.05, 0) is 49.3 Å². The third kappa shape index (κ3) is 2.16. The van der Waals surface area contributed by atoms with E-state index in [0.29, 0.717) is 11.7 Å². The van der Waals surface area contributed by atoms with Gasteiger partial charge in [-0.25, -0.2) is 0 Å². The van der Waals surface area contributed by atoms with Crippen molar-refractivity contribution >= 4 is 0 Å². The maximum atomic E-state index is 5.55. The molecule has 3 heterocycles. The first-order valence-electron chi connectivity index (χ1n) is 7.88. The zero-order valence-corrected chi connectivity index (χ0v) is 12.2. The zero-order valence-electron chi connectivity index (χ0n) is 12.2. The summed E-state index contributed by atoms with van der Waals surface area (Å²) in [4.78, 5) is 9.05. The van der Waals surface area contributed by atoms with Gasteiger partial charge in [-0.1, -0.05) is 24.6 Å². The molecule has 2 aliphatic rings. The van der Waals surface area contributed by atoms with E-state index in [1.165, 1.54) is 19.3 Å². The molecule has 1 N–H and O–H groups in total. The molecule has 21 heavy (non-hydrogen) atoms. The standard InChI is InChI=1S/C16H20N4O/c1-2-10-6-4-8-17-13(10)15-19-16(21-20-15)14-12-7-3-5-11(12)9-18-14/h4,6,8,11-12,14,18H,2-3,5,7,9H2,1H3. The number of hydrogen-bond donors (Lipinski definition) is 1. The van der Waals surface area contributed by atoms with Gasteiger partial charge >= 0.3 is 0 Å². The maximum Gasteiger partial charge on any atom is 0.244 e. The van der Waals surface area contributed by atoms with Gasteiger partial charge in [0.05, 0.1) is 6.04 Å². The summed E-state index contributed by atoms with van der Waals surface area (Å²) >= 11 is 0. The lowest BCUT2D eigenvalue weighted by Gasteiger charge is -2.13. The second kappa shape index (κ2) is 5.22. The Morgan fingerprint density at radius 1 is 1.38 bits per heavy atom. The van der Waals surface area contributed by atoms with Crippen LogP contribution in [0.4, 0.5) is 0 Å². The topological polar surface area (TPSA) is 63.8 Å². The highest BCUT2D eigenvalue weighted by Crippen LogP contribution is 2.44. The smallest absolute Gasteiger partial charge is 0.244 e. The number of aryl methyl sites for hydroxylation is 1. The lowest BCUT2D eigenvalue weighted by atomic mass is 9.94. The first-order valence-corrected chi connectivity index (χ1v) is 7.88. The Kier molecular flexibility index (Phi) is 3.22. The fourth-order valence-electron chi connectivity index (χ4n) is 3.84. The highest BCUT2D eigenvalue weighted by atomic mass is 16.5. The van der Waals surface area contributed by atoms with Gasteiger partial charge in [0, 0.05) is 6.20 Å². The van der Waals surface area contributed by atoms with Crippen molar-refractivity contribution in [2.45, 2.75) is 38.6 Å². The van der Waals surface area contributed by atoms with Crippen LogP contribution in [0.1, 0.15) is 43.7 Å². The molecule has 2 aromatic heterocycles. The van der Waals surface area contributed by atoms with Crippen LogP contribution in [0.15, 0.2) is 22.9 Å². The second-order valence-electron chi connectivity index (χ2n) is 6.06. The van der Waals surface area contributed by atoms with Crippen LogP contribution in [0, 0.1) is 11.8 Å². The van der Waals surface area contributed by atoms with Gasteiger partial charge in [-0.2, -0.15) is 4.98 Å². The molecule has 1 saturated carbocycles. The number of rotatable bonds is 3. The molecule has 0 radical (unpaired) electrons. The Bertz CT molecular complexity index is 639. The maximum absolute atomic E-state index is 5.55. The molecule has 5 nitrogen and oxygen atoms in total. The summed E-state index contributed by atoms with van der Waals surface area (Å²) in [7, 11) is 0. The van der Waals surface area contributed by atoms with Crippen molar-refractivity contribution in [1.82, 2.24) is 20.4 Å². The van der Waals surface area contributed by atoms with Crippen molar-refractivity contribution in [3.63, 3.8) is 0 Å². The van der Waals surface area contributed by atoms with E-state index in [-0.39, 0.29) is 6.04 Å². The number of fused-ring (bicyclic) bond motifs is 1. The van der Waals surface area contributed by atoms with E-state index in [1.54, 1.807) is 6.20 Å². The minimum atomic E-state index is 0.229. The van der Waals surface area contributed by atoms with Crippen molar-refractivity contribution in [3.8, 4) is 11.5 Å². The van der Waals surface area contributed by atoms with Gasteiger partial charge in [0.2, 0.25) is 11.7 Å². The fourth-order valence-corrected chi connectivity index (χ4v) is 3.84. The zero-order chi connectivity index (χ0) is 14.2. The molecular formula is C16H20N4O. The normalized spacial score (nSPS) is 28.0. The lowest BCUT2D eigenvalue weighted by Crippen LogP contribution is -2.18. The van der Waals surface area contributed by atoms with Crippen molar-refractivity contribution in [2.24, 2.45) is 11.8 Å². The SMILES string of the molecule is CCc1cccnc1-c1noc(C2NCC3CCCC32)n1. The molecule has 4 rings (SSSR count). The summed E-state index contributed by atoms with van der Waals surface area (Å²) in [5.41, 5.74) is 2.00. The van der Waals surface area contributed by atoms with Crippen LogP contribution < -0.4 is 5.32 Å². The molecule has 3 atom stereocenters. The van der Waals surface area contributed by atoms with Gasteiger partial charge < -0.3 is 9.84 Å². The largest absolute Gasteiger partial charge is 0.337 e. The molecule has 3 unspecified atom stereocenters. The first kappa shape index (κ1) is 13.0. The third-order valence-corrected chi connectivity index (χ3v) is 4.94. The summed E-state index contributed by atoms with van der Waals surface area (Å²) in [5, 5.41) is 7.72. The van der Waals surface area contributed by atoms with Crippen LogP contribution in [0.25, 0.3) is 11.5 Å². The predicted octanol–water partition coefficient (Wildman–Crippen LogP) is 2.75. The quantitative estimate of drug-likeness (QED) is 0.939.